The van der Waals surface area contributed by atoms with Crippen molar-refractivity contribution in [1.29, 1.82) is 0 Å². The molecule has 4 nitrogen and oxygen atoms in total. The summed E-state index contributed by atoms with van der Waals surface area (Å²) in [5, 5.41) is 0. The Morgan fingerprint density at radius 3 is 2.50 bits per heavy atom. The van der Waals surface area contributed by atoms with Crippen LogP contribution in [0.3, 0.4) is 0 Å². The summed E-state index contributed by atoms with van der Waals surface area (Å²) in [7, 11) is 0. The van der Waals surface area contributed by atoms with Crippen LogP contribution in [0.1, 0.15) is 36.7 Å². The van der Waals surface area contributed by atoms with Gasteiger partial charge in [-0.3, -0.25) is 4.79 Å². The zero-order valence-corrected chi connectivity index (χ0v) is 11.1. The van der Waals surface area contributed by atoms with Gasteiger partial charge in [-0.25, -0.2) is 4.79 Å². The zero-order valence-electron chi connectivity index (χ0n) is 11.1. The summed E-state index contributed by atoms with van der Waals surface area (Å²) >= 11 is 0. The molecule has 0 N–H and O–H groups in total. The first kappa shape index (κ1) is 14.2. The highest BCUT2D eigenvalue weighted by Crippen LogP contribution is 2.21. The molecule has 4 heteroatoms. The van der Waals surface area contributed by atoms with Gasteiger partial charge in [-0.2, -0.15) is 0 Å². The Labute approximate surface area is 107 Å². The van der Waals surface area contributed by atoms with E-state index in [1.165, 1.54) is 0 Å². The molecule has 0 bridgehead atoms. The Hall–Kier alpha value is -1.84. The van der Waals surface area contributed by atoms with Crippen LogP contribution in [0.4, 0.5) is 0 Å². The van der Waals surface area contributed by atoms with Crippen LogP contribution in [-0.4, -0.2) is 24.5 Å². The van der Waals surface area contributed by atoms with E-state index in [0.29, 0.717) is 5.75 Å². The molecule has 98 valence electrons. The second-order valence-electron chi connectivity index (χ2n) is 4.20. The van der Waals surface area contributed by atoms with Crippen molar-refractivity contribution in [3.63, 3.8) is 0 Å². The van der Waals surface area contributed by atoms with Gasteiger partial charge in [0, 0.05) is 5.56 Å². The lowest BCUT2D eigenvalue weighted by Crippen LogP contribution is -2.18. The highest BCUT2D eigenvalue weighted by molar-refractivity contribution is 6.40. The summed E-state index contributed by atoms with van der Waals surface area (Å²) in [5.41, 5.74) is 1.21. The first-order valence-corrected chi connectivity index (χ1v) is 5.94. The van der Waals surface area contributed by atoms with Gasteiger partial charge in [-0.1, -0.05) is 12.1 Å². The van der Waals surface area contributed by atoms with Gasteiger partial charge in [0.2, 0.25) is 0 Å². The van der Waals surface area contributed by atoms with Crippen molar-refractivity contribution in [3.8, 4) is 5.75 Å². The molecule has 0 heterocycles. The lowest BCUT2D eigenvalue weighted by Gasteiger charge is -2.13. The molecule has 0 radical (unpaired) electrons. The molecule has 0 spiro atoms. The van der Waals surface area contributed by atoms with Crippen molar-refractivity contribution in [2.75, 3.05) is 6.61 Å². The molecule has 1 aromatic rings. The molecular weight excluding hydrogens is 232 g/mol. The Bertz CT molecular complexity index is 449. The minimum atomic E-state index is -0.836. The van der Waals surface area contributed by atoms with E-state index in [-0.39, 0.29) is 18.3 Å². The molecule has 0 saturated heterocycles. The fraction of sp³-hybridized carbons (Fsp3) is 0.429. The summed E-state index contributed by atoms with van der Waals surface area (Å²) < 4.78 is 10.3. The fourth-order valence-electron chi connectivity index (χ4n) is 1.44. The number of carbonyl (C=O) groups excluding carboxylic acids is 2. The molecule has 0 aromatic heterocycles. The number of ketones is 1. The van der Waals surface area contributed by atoms with Crippen LogP contribution in [-0.2, 0) is 9.53 Å². The number of rotatable bonds is 5. The Balaban J connectivity index is 2.97. The van der Waals surface area contributed by atoms with Crippen molar-refractivity contribution in [3.05, 3.63) is 29.3 Å². The van der Waals surface area contributed by atoms with Crippen LogP contribution in [0.5, 0.6) is 5.75 Å². The summed E-state index contributed by atoms with van der Waals surface area (Å²) in [4.78, 5) is 23.1. The molecule has 0 aliphatic heterocycles. The van der Waals surface area contributed by atoms with E-state index in [0.717, 1.165) is 5.56 Å². The average molecular weight is 250 g/mol. The van der Waals surface area contributed by atoms with Gasteiger partial charge in [0.05, 0.1) is 12.7 Å². The van der Waals surface area contributed by atoms with Crippen LogP contribution in [0.25, 0.3) is 0 Å². The van der Waals surface area contributed by atoms with Crippen LogP contribution in [0.2, 0.25) is 0 Å². The molecule has 0 saturated carbocycles. The lowest BCUT2D eigenvalue weighted by molar-refractivity contribution is -0.137. The SMILES string of the molecule is CCOC(=O)C(=O)c1ccc(C)c(OC(C)C)c1. The second kappa shape index (κ2) is 6.19. The predicted molar refractivity (Wildman–Crippen MR) is 67.9 cm³/mol. The van der Waals surface area contributed by atoms with E-state index in [9.17, 15) is 9.59 Å². The van der Waals surface area contributed by atoms with Crippen LogP contribution in [0.15, 0.2) is 18.2 Å². The number of hydrogen-bond acceptors (Lipinski definition) is 4. The number of hydrogen-bond donors (Lipinski definition) is 0. The Morgan fingerprint density at radius 1 is 1.28 bits per heavy atom. The molecule has 0 atom stereocenters. The van der Waals surface area contributed by atoms with Crippen molar-refractivity contribution < 1.29 is 19.1 Å². The van der Waals surface area contributed by atoms with Gasteiger partial charge in [-0.15, -0.1) is 0 Å². The van der Waals surface area contributed by atoms with Crippen LogP contribution in [0, 0.1) is 6.92 Å². The van der Waals surface area contributed by atoms with Crippen molar-refractivity contribution in [1.82, 2.24) is 0 Å². The standard InChI is InChI=1S/C14H18O4/c1-5-17-14(16)13(15)11-7-6-10(4)12(8-11)18-9(2)3/h6-9H,5H2,1-4H3. The third-order valence-electron chi connectivity index (χ3n) is 2.27. The predicted octanol–water partition coefficient (Wildman–Crippen LogP) is 2.53. The number of Topliss-reactive ketones (excluding diaryl/α,β-unsaturated/α-hetero) is 1. The van der Waals surface area contributed by atoms with Gasteiger partial charge in [-0.05, 0) is 39.3 Å². The molecule has 0 amide bonds. The summed E-state index contributed by atoms with van der Waals surface area (Å²) in [6.07, 6.45) is 0.0108. The lowest BCUT2D eigenvalue weighted by atomic mass is 10.1. The molecular formula is C14H18O4. The number of esters is 1. The van der Waals surface area contributed by atoms with Gasteiger partial charge < -0.3 is 9.47 Å². The smallest absolute Gasteiger partial charge is 0.379 e. The van der Waals surface area contributed by atoms with E-state index in [1.807, 2.05) is 20.8 Å². The van der Waals surface area contributed by atoms with Crippen molar-refractivity contribution in [2.24, 2.45) is 0 Å². The van der Waals surface area contributed by atoms with Gasteiger partial charge in [0.25, 0.3) is 5.78 Å². The molecule has 0 fully saturated rings. The maximum absolute atomic E-state index is 11.8. The van der Waals surface area contributed by atoms with E-state index in [2.05, 4.69) is 4.74 Å². The van der Waals surface area contributed by atoms with Crippen molar-refractivity contribution in [2.45, 2.75) is 33.8 Å². The summed E-state index contributed by atoms with van der Waals surface area (Å²) in [5.74, 6) is -0.873. The minimum Gasteiger partial charge on any atom is -0.491 e. The summed E-state index contributed by atoms with van der Waals surface area (Å²) in [6.45, 7) is 7.54. The number of ether oxygens (including phenoxy) is 2. The largest absolute Gasteiger partial charge is 0.491 e. The third kappa shape index (κ3) is 3.58. The van der Waals surface area contributed by atoms with E-state index in [1.54, 1.807) is 25.1 Å². The summed E-state index contributed by atoms with van der Waals surface area (Å²) in [6, 6.07) is 4.93. The average Bonchev–Trinajstić information content (AvgIpc) is 2.31. The highest BCUT2D eigenvalue weighted by Gasteiger charge is 2.18. The first-order chi connectivity index (χ1) is 8.45. The minimum absolute atomic E-state index is 0.0108. The maximum Gasteiger partial charge on any atom is 0.379 e. The zero-order chi connectivity index (χ0) is 13.7. The molecule has 0 unspecified atom stereocenters. The molecule has 1 rings (SSSR count). The normalized spacial score (nSPS) is 10.3. The van der Waals surface area contributed by atoms with Crippen LogP contribution < -0.4 is 4.74 Å². The maximum atomic E-state index is 11.8. The Kier molecular flexibility index (Phi) is 4.89. The number of aryl methyl sites for hydroxylation is 1. The quantitative estimate of drug-likeness (QED) is 0.458. The Morgan fingerprint density at radius 2 is 1.94 bits per heavy atom. The fourth-order valence-corrected chi connectivity index (χ4v) is 1.44. The number of benzene rings is 1. The first-order valence-electron chi connectivity index (χ1n) is 5.94. The van der Waals surface area contributed by atoms with E-state index < -0.39 is 11.8 Å². The second-order valence-corrected chi connectivity index (χ2v) is 4.20. The van der Waals surface area contributed by atoms with Crippen LogP contribution >= 0.6 is 0 Å². The van der Waals surface area contributed by atoms with Gasteiger partial charge >= 0.3 is 5.97 Å². The topological polar surface area (TPSA) is 52.6 Å². The van der Waals surface area contributed by atoms with E-state index in [4.69, 9.17) is 4.74 Å². The highest BCUT2D eigenvalue weighted by atomic mass is 16.5. The monoisotopic (exact) mass is 250 g/mol. The van der Waals surface area contributed by atoms with E-state index >= 15 is 0 Å². The molecule has 0 aliphatic rings. The van der Waals surface area contributed by atoms with Gasteiger partial charge in [0.15, 0.2) is 0 Å². The molecule has 18 heavy (non-hydrogen) atoms. The molecule has 1 aromatic carbocycles. The molecule has 0 aliphatic carbocycles. The third-order valence-corrected chi connectivity index (χ3v) is 2.27. The van der Waals surface area contributed by atoms with Gasteiger partial charge in [0.1, 0.15) is 5.75 Å². The van der Waals surface area contributed by atoms with Crippen molar-refractivity contribution >= 4 is 11.8 Å². The number of carbonyl (C=O) groups is 2.